The third kappa shape index (κ3) is 4.54. The number of carbonyl (C=O) groups excluding carboxylic acids is 2. The molecule has 2 N–H and O–H groups in total. The quantitative estimate of drug-likeness (QED) is 0.633. The molecule has 1 aromatic carbocycles. The molecule has 32 heavy (non-hydrogen) atoms. The maximum Gasteiger partial charge on any atom is 0.271 e. The summed E-state index contributed by atoms with van der Waals surface area (Å²) in [5.74, 6) is -0.631. The minimum atomic E-state index is -0.348. The van der Waals surface area contributed by atoms with E-state index < -0.39 is 0 Å². The number of hydrogen-bond acceptors (Lipinski definition) is 5. The largest absolute Gasteiger partial charge is 0.335 e. The van der Waals surface area contributed by atoms with Crippen LogP contribution in [0.4, 0.5) is 10.1 Å². The van der Waals surface area contributed by atoms with Gasteiger partial charge in [-0.05, 0) is 44.2 Å². The second-order valence-electron chi connectivity index (χ2n) is 7.96. The smallest absolute Gasteiger partial charge is 0.271 e. The van der Waals surface area contributed by atoms with E-state index in [2.05, 4.69) is 20.6 Å². The first kappa shape index (κ1) is 21.7. The van der Waals surface area contributed by atoms with E-state index in [4.69, 9.17) is 0 Å². The molecule has 0 bridgehead atoms. The van der Waals surface area contributed by atoms with Gasteiger partial charge in [0.2, 0.25) is 5.91 Å². The average molecular weight is 439 g/mol. The van der Waals surface area contributed by atoms with Gasteiger partial charge in [0, 0.05) is 50.2 Å². The van der Waals surface area contributed by atoms with Gasteiger partial charge in [0.1, 0.15) is 11.5 Å². The molecule has 3 aromatic rings. The van der Waals surface area contributed by atoms with Crippen LogP contribution in [0.5, 0.6) is 0 Å². The number of halogens is 1. The van der Waals surface area contributed by atoms with E-state index in [1.807, 2.05) is 25.8 Å². The molecule has 0 atom stereocenters. The van der Waals surface area contributed by atoms with Crippen LogP contribution >= 0.6 is 0 Å². The van der Waals surface area contributed by atoms with Crippen molar-refractivity contribution >= 4 is 17.5 Å². The molecule has 0 saturated carbocycles. The molecule has 0 aliphatic carbocycles. The summed E-state index contributed by atoms with van der Waals surface area (Å²) in [5, 5.41) is 14.3. The van der Waals surface area contributed by atoms with E-state index in [9.17, 15) is 14.0 Å². The SMILES string of the molecule is Cc1nn(C)c(C)c1-c1cc(C(=O)N2CCN(CC(=O)Nc3ccc(F)cc3)CC2)[nH]n1. The predicted molar refractivity (Wildman–Crippen MR) is 118 cm³/mol. The third-order valence-corrected chi connectivity index (χ3v) is 5.73. The van der Waals surface area contributed by atoms with E-state index >= 15 is 0 Å². The number of benzene rings is 1. The summed E-state index contributed by atoms with van der Waals surface area (Å²) in [7, 11) is 1.88. The Morgan fingerprint density at radius 1 is 1.12 bits per heavy atom. The van der Waals surface area contributed by atoms with E-state index in [0.29, 0.717) is 43.3 Å². The molecule has 1 aliphatic heterocycles. The number of aromatic amines is 1. The van der Waals surface area contributed by atoms with Crippen LogP contribution in [0.25, 0.3) is 11.3 Å². The number of hydrogen-bond donors (Lipinski definition) is 2. The monoisotopic (exact) mass is 439 g/mol. The van der Waals surface area contributed by atoms with Crippen molar-refractivity contribution in [3.63, 3.8) is 0 Å². The van der Waals surface area contributed by atoms with Crippen molar-refractivity contribution in [3.05, 3.63) is 53.2 Å². The first-order valence-corrected chi connectivity index (χ1v) is 10.4. The topological polar surface area (TPSA) is 99.1 Å². The van der Waals surface area contributed by atoms with Crippen LogP contribution in [0.15, 0.2) is 30.3 Å². The van der Waals surface area contributed by atoms with Crippen molar-refractivity contribution in [2.75, 3.05) is 38.0 Å². The third-order valence-electron chi connectivity index (χ3n) is 5.73. The van der Waals surface area contributed by atoms with Crippen molar-refractivity contribution < 1.29 is 14.0 Å². The summed E-state index contributed by atoms with van der Waals surface area (Å²) in [4.78, 5) is 28.9. The zero-order valence-electron chi connectivity index (χ0n) is 18.4. The van der Waals surface area contributed by atoms with Gasteiger partial charge in [-0.25, -0.2) is 4.39 Å². The molecule has 168 valence electrons. The number of aromatic nitrogens is 4. The molecule has 0 spiro atoms. The van der Waals surface area contributed by atoms with E-state index in [1.165, 1.54) is 24.3 Å². The van der Waals surface area contributed by atoms with Crippen molar-refractivity contribution in [3.8, 4) is 11.3 Å². The normalized spacial score (nSPS) is 14.6. The van der Waals surface area contributed by atoms with Gasteiger partial charge in [-0.2, -0.15) is 10.2 Å². The molecule has 0 radical (unpaired) electrons. The fourth-order valence-corrected chi connectivity index (χ4v) is 3.92. The number of nitrogens with zero attached hydrogens (tertiary/aromatic N) is 5. The summed E-state index contributed by atoms with van der Waals surface area (Å²) in [5.41, 5.74) is 4.47. The molecule has 1 saturated heterocycles. The van der Waals surface area contributed by atoms with Crippen LogP contribution in [0, 0.1) is 19.7 Å². The number of nitrogens with one attached hydrogen (secondary N) is 2. The zero-order valence-corrected chi connectivity index (χ0v) is 18.4. The molecule has 1 aliphatic rings. The highest BCUT2D eigenvalue weighted by Gasteiger charge is 2.25. The van der Waals surface area contributed by atoms with Crippen molar-refractivity contribution in [1.29, 1.82) is 0 Å². The summed E-state index contributed by atoms with van der Waals surface area (Å²) >= 11 is 0. The Morgan fingerprint density at radius 2 is 1.81 bits per heavy atom. The highest BCUT2D eigenvalue weighted by molar-refractivity contribution is 5.94. The number of carbonyl (C=O) groups is 2. The number of H-pyrrole nitrogens is 1. The van der Waals surface area contributed by atoms with Crippen LogP contribution in [0.3, 0.4) is 0 Å². The Bertz CT molecular complexity index is 1130. The standard InChI is InChI=1S/C22H26FN7O2/c1-14-21(15(2)28(3)27-14)18-12-19(26-25-18)22(32)30-10-8-29(9-11-30)13-20(31)24-17-6-4-16(23)5-7-17/h4-7,12H,8-11,13H2,1-3H3,(H,24,31)(H,25,26). The molecule has 1 fully saturated rings. The zero-order chi connectivity index (χ0) is 22.8. The molecule has 10 heteroatoms. The summed E-state index contributed by atoms with van der Waals surface area (Å²) in [6.45, 7) is 6.31. The fraction of sp³-hybridized carbons (Fsp3) is 0.364. The lowest BCUT2D eigenvalue weighted by Gasteiger charge is -2.34. The molecule has 3 heterocycles. The van der Waals surface area contributed by atoms with Crippen LogP contribution in [0.1, 0.15) is 21.9 Å². The lowest BCUT2D eigenvalue weighted by Crippen LogP contribution is -2.50. The Morgan fingerprint density at radius 3 is 2.44 bits per heavy atom. The first-order chi connectivity index (χ1) is 15.3. The predicted octanol–water partition coefficient (Wildman–Crippen LogP) is 1.96. The minimum absolute atomic E-state index is 0.113. The molecule has 9 nitrogen and oxygen atoms in total. The van der Waals surface area contributed by atoms with Gasteiger partial charge < -0.3 is 10.2 Å². The van der Waals surface area contributed by atoms with Gasteiger partial charge in [0.15, 0.2) is 0 Å². The molecular formula is C22H26FN7O2. The minimum Gasteiger partial charge on any atom is -0.335 e. The van der Waals surface area contributed by atoms with Crippen LogP contribution < -0.4 is 5.32 Å². The Hall–Kier alpha value is -3.53. The Balaban J connectivity index is 1.31. The number of piperazine rings is 1. The fourth-order valence-electron chi connectivity index (χ4n) is 3.92. The molecular weight excluding hydrogens is 413 g/mol. The van der Waals surface area contributed by atoms with Gasteiger partial charge in [-0.3, -0.25) is 24.3 Å². The lowest BCUT2D eigenvalue weighted by molar-refractivity contribution is -0.117. The van der Waals surface area contributed by atoms with Gasteiger partial charge in [0.05, 0.1) is 17.9 Å². The maximum absolute atomic E-state index is 13.0. The van der Waals surface area contributed by atoms with Crippen molar-refractivity contribution in [2.24, 2.45) is 7.05 Å². The second-order valence-corrected chi connectivity index (χ2v) is 7.96. The highest BCUT2D eigenvalue weighted by atomic mass is 19.1. The van der Waals surface area contributed by atoms with Gasteiger partial charge in [-0.1, -0.05) is 0 Å². The molecule has 0 unspecified atom stereocenters. The number of amides is 2. The Kier molecular flexibility index (Phi) is 6.04. The van der Waals surface area contributed by atoms with E-state index in [0.717, 1.165) is 17.0 Å². The highest BCUT2D eigenvalue weighted by Crippen LogP contribution is 2.25. The summed E-state index contributed by atoms with van der Waals surface area (Å²) in [6, 6.07) is 7.42. The number of aryl methyl sites for hydroxylation is 2. The van der Waals surface area contributed by atoms with Crippen molar-refractivity contribution in [1.82, 2.24) is 29.8 Å². The molecule has 4 rings (SSSR count). The van der Waals surface area contributed by atoms with E-state index in [1.54, 1.807) is 15.6 Å². The Labute approximate surface area is 185 Å². The van der Waals surface area contributed by atoms with Crippen molar-refractivity contribution in [2.45, 2.75) is 13.8 Å². The second kappa shape index (κ2) is 8.91. The number of anilines is 1. The maximum atomic E-state index is 13.0. The van der Waals surface area contributed by atoms with Gasteiger partial charge >= 0.3 is 0 Å². The molecule has 2 amide bonds. The first-order valence-electron chi connectivity index (χ1n) is 10.4. The van der Waals surface area contributed by atoms with Gasteiger partial charge in [-0.15, -0.1) is 0 Å². The summed E-state index contributed by atoms with van der Waals surface area (Å²) < 4.78 is 14.8. The van der Waals surface area contributed by atoms with E-state index in [-0.39, 0.29) is 24.2 Å². The summed E-state index contributed by atoms with van der Waals surface area (Å²) in [6.07, 6.45) is 0. The van der Waals surface area contributed by atoms with Crippen LogP contribution in [-0.4, -0.2) is 74.3 Å². The van der Waals surface area contributed by atoms with Crippen LogP contribution in [0.2, 0.25) is 0 Å². The van der Waals surface area contributed by atoms with Gasteiger partial charge in [0.25, 0.3) is 5.91 Å². The lowest BCUT2D eigenvalue weighted by atomic mass is 10.1. The number of rotatable bonds is 5. The average Bonchev–Trinajstić information content (AvgIpc) is 3.34. The molecule has 2 aromatic heterocycles. The van der Waals surface area contributed by atoms with Crippen LogP contribution in [-0.2, 0) is 11.8 Å².